The molecule has 0 heterocycles. The van der Waals surface area contributed by atoms with Crippen molar-refractivity contribution in [2.75, 3.05) is 0 Å². The van der Waals surface area contributed by atoms with Crippen LogP contribution in [0, 0.1) is 6.92 Å². The van der Waals surface area contributed by atoms with Gasteiger partial charge in [0.1, 0.15) is 5.78 Å². The van der Waals surface area contributed by atoms with Crippen molar-refractivity contribution in [2.45, 2.75) is 39.2 Å². The van der Waals surface area contributed by atoms with E-state index in [0.717, 1.165) is 12.8 Å². The van der Waals surface area contributed by atoms with Gasteiger partial charge in [-0.3, -0.25) is 4.79 Å². The highest BCUT2D eigenvalue weighted by Crippen LogP contribution is 2.10. The van der Waals surface area contributed by atoms with Gasteiger partial charge in [0.25, 0.3) is 0 Å². The fourth-order valence-electron chi connectivity index (χ4n) is 1.56. The fourth-order valence-corrected chi connectivity index (χ4v) is 1.56. The van der Waals surface area contributed by atoms with E-state index in [-0.39, 0.29) is 11.8 Å². The van der Waals surface area contributed by atoms with E-state index < -0.39 is 0 Å². The Bertz CT molecular complexity index is 333. The number of hydrogen-bond acceptors (Lipinski definition) is 2. The monoisotopic (exact) mass is 205 g/mol. The predicted molar refractivity (Wildman–Crippen MR) is 62.8 cm³/mol. The van der Waals surface area contributed by atoms with Crippen LogP contribution in [0.15, 0.2) is 24.3 Å². The molecule has 15 heavy (non-hydrogen) atoms. The van der Waals surface area contributed by atoms with Crippen LogP contribution in [-0.4, -0.2) is 11.8 Å². The van der Waals surface area contributed by atoms with Crippen LogP contribution in [-0.2, 0) is 11.2 Å². The van der Waals surface area contributed by atoms with Crippen molar-refractivity contribution in [3.63, 3.8) is 0 Å². The van der Waals surface area contributed by atoms with Gasteiger partial charge in [0.15, 0.2) is 0 Å². The molecule has 2 N–H and O–H groups in total. The number of aryl methyl sites for hydroxylation is 2. The van der Waals surface area contributed by atoms with Crippen molar-refractivity contribution in [3.8, 4) is 0 Å². The zero-order valence-electron chi connectivity index (χ0n) is 9.49. The van der Waals surface area contributed by atoms with E-state index >= 15 is 0 Å². The van der Waals surface area contributed by atoms with Crippen LogP contribution in [0.4, 0.5) is 0 Å². The summed E-state index contributed by atoms with van der Waals surface area (Å²) < 4.78 is 0. The molecule has 0 bridgehead atoms. The van der Waals surface area contributed by atoms with E-state index in [9.17, 15) is 4.79 Å². The average Bonchev–Trinajstić information content (AvgIpc) is 2.26. The molecule has 1 atom stereocenters. The molecule has 0 aromatic heterocycles. The van der Waals surface area contributed by atoms with Gasteiger partial charge in [-0.2, -0.15) is 0 Å². The first kappa shape index (κ1) is 11.9. The zero-order chi connectivity index (χ0) is 11.3. The summed E-state index contributed by atoms with van der Waals surface area (Å²) in [6.07, 6.45) is 2.09. The van der Waals surface area contributed by atoms with Gasteiger partial charge in [0.05, 0.1) is 6.04 Å². The smallest absolute Gasteiger partial charge is 0.149 e. The molecule has 2 heteroatoms. The van der Waals surface area contributed by atoms with E-state index in [1.165, 1.54) is 11.1 Å². The Balaban J connectivity index is 2.51. The molecule has 0 aliphatic heterocycles. The Labute approximate surface area is 91.5 Å². The molecule has 0 spiro atoms. The minimum absolute atomic E-state index is 0.167. The molecule has 2 nitrogen and oxygen atoms in total. The quantitative estimate of drug-likeness (QED) is 0.801. The van der Waals surface area contributed by atoms with Crippen molar-refractivity contribution in [2.24, 2.45) is 5.73 Å². The van der Waals surface area contributed by atoms with Gasteiger partial charge in [-0.05, 0) is 30.9 Å². The summed E-state index contributed by atoms with van der Waals surface area (Å²) in [7, 11) is 0. The maximum Gasteiger partial charge on any atom is 0.149 e. The van der Waals surface area contributed by atoms with Gasteiger partial charge >= 0.3 is 0 Å². The molecule has 1 rings (SSSR count). The third kappa shape index (κ3) is 3.48. The Kier molecular flexibility index (Phi) is 4.50. The minimum Gasteiger partial charge on any atom is -0.322 e. The predicted octanol–water partition coefficient (Wildman–Crippen LogP) is 2.23. The first-order valence-corrected chi connectivity index (χ1v) is 5.48. The Morgan fingerprint density at radius 2 is 2.07 bits per heavy atom. The van der Waals surface area contributed by atoms with Crippen LogP contribution >= 0.6 is 0 Å². The second kappa shape index (κ2) is 5.66. The van der Waals surface area contributed by atoms with Gasteiger partial charge in [0.2, 0.25) is 0 Å². The average molecular weight is 205 g/mol. The summed E-state index contributed by atoms with van der Waals surface area (Å²) in [5.41, 5.74) is 8.16. The Hall–Kier alpha value is -1.15. The third-order valence-corrected chi connectivity index (χ3v) is 2.76. The maximum atomic E-state index is 11.5. The molecular formula is C13H19NO. The highest BCUT2D eigenvalue weighted by molar-refractivity contribution is 5.83. The van der Waals surface area contributed by atoms with E-state index in [4.69, 9.17) is 5.73 Å². The molecule has 0 aliphatic rings. The lowest BCUT2D eigenvalue weighted by molar-refractivity contribution is -0.120. The van der Waals surface area contributed by atoms with Crippen molar-refractivity contribution < 1.29 is 4.79 Å². The lowest BCUT2D eigenvalue weighted by atomic mass is 9.99. The van der Waals surface area contributed by atoms with Gasteiger partial charge in [-0.25, -0.2) is 0 Å². The Morgan fingerprint density at radius 1 is 1.40 bits per heavy atom. The molecule has 0 aliphatic carbocycles. The molecule has 0 amide bonds. The second-order valence-electron chi connectivity index (χ2n) is 3.91. The number of carbonyl (C=O) groups excluding carboxylic acids is 1. The number of ketones is 1. The number of nitrogens with two attached hydrogens (primary N) is 1. The number of hydrogen-bond donors (Lipinski definition) is 1. The molecule has 1 unspecified atom stereocenters. The lowest BCUT2D eigenvalue weighted by Crippen LogP contribution is -2.29. The molecule has 1 aromatic carbocycles. The van der Waals surface area contributed by atoms with Crippen LogP contribution in [0.1, 0.15) is 30.9 Å². The van der Waals surface area contributed by atoms with Crippen molar-refractivity contribution >= 4 is 5.78 Å². The number of rotatable bonds is 5. The Morgan fingerprint density at radius 3 is 2.67 bits per heavy atom. The van der Waals surface area contributed by atoms with Gasteiger partial charge < -0.3 is 5.73 Å². The van der Waals surface area contributed by atoms with Gasteiger partial charge in [-0.15, -0.1) is 0 Å². The minimum atomic E-state index is -0.283. The first-order valence-electron chi connectivity index (χ1n) is 5.48. The zero-order valence-corrected chi connectivity index (χ0v) is 9.49. The van der Waals surface area contributed by atoms with Crippen LogP contribution in [0.5, 0.6) is 0 Å². The van der Waals surface area contributed by atoms with Crippen LogP contribution in [0.2, 0.25) is 0 Å². The topological polar surface area (TPSA) is 43.1 Å². The van der Waals surface area contributed by atoms with Crippen LogP contribution in [0.25, 0.3) is 0 Å². The summed E-state index contributed by atoms with van der Waals surface area (Å²) in [6, 6.07) is 7.87. The number of benzene rings is 1. The molecule has 0 radical (unpaired) electrons. The lowest BCUT2D eigenvalue weighted by Gasteiger charge is -2.08. The van der Waals surface area contributed by atoms with Crippen LogP contribution < -0.4 is 5.73 Å². The van der Waals surface area contributed by atoms with Crippen LogP contribution in [0.3, 0.4) is 0 Å². The third-order valence-electron chi connectivity index (χ3n) is 2.76. The SMILES string of the molecule is CCC(N)C(=O)CCc1ccccc1C. The highest BCUT2D eigenvalue weighted by Gasteiger charge is 2.10. The molecule has 0 fully saturated rings. The van der Waals surface area contributed by atoms with E-state index in [1.54, 1.807) is 0 Å². The highest BCUT2D eigenvalue weighted by atomic mass is 16.1. The molecule has 0 saturated heterocycles. The summed E-state index contributed by atoms with van der Waals surface area (Å²) in [4.78, 5) is 11.5. The van der Waals surface area contributed by atoms with Crippen molar-refractivity contribution in [1.82, 2.24) is 0 Å². The van der Waals surface area contributed by atoms with Crippen molar-refractivity contribution in [3.05, 3.63) is 35.4 Å². The van der Waals surface area contributed by atoms with E-state index in [1.807, 2.05) is 19.1 Å². The summed E-state index contributed by atoms with van der Waals surface area (Å²) in [6.45, 7) is 4.01. The molecule has 82 valence electrons. The normalized spacial score (nSPS) is 12.5. The second-order valence-corrected chi connectivity index (χ2v) is 3.91. The van der Waals surface area contributed by atoms with Gasteiger partial charge in [-0.1, -0.05) is 31.2 Å². The summed E-state index contributed by atoms with van der Waals surface area (Å²) in [5.74, 6) is 0.167. The van der Waals surface area contributed by atoms with E-state index in [2.05, 4.69) is 19.1 Å². The standard InChI is InChI=1S/C13H19NO/c1-3-12(14)13(15)9-8-11-7-5-4-6-10(11)2/h4-7,12H,3,8-9,14H2,1-2H3. The molecule has 1 aromatic rings. The number of carbonyl (C=O) groups is 1. The summed E-state index contributed by atoms with van der Waals surface area (Å²) in [5, 5.41) is 0. The van der Waals surface area contributed by atoms with Crippen molar-refractivity contribution in [1.29, 1.82) is 0 Å². The fraction of sp³-hybridized carbons (Fsp3) is 0.462. The first-order chi connectivity index (χ1) is 7.15. The molecule has 0 saturated carbocycles. The largest absolute Gasteiger partial charge is 0.322 e. The van der Waals surface area contributed by atoms with Gasteiger partial charge in [0, 0.05) is 6.42 Å². The van der Waals surface area contributed by atoms with E-state index in [0.29, 0.717) is 6.42 Å². The number of Topliss-reactive ketones (excluding diaryl/α,β-unsaturated/α-hetero) is 1. The summed E-state index contributed by atoms with van der Waals surface area (Å²) >= 11 is 0. The molecular weight excluding hydrogens is 186 g/mol. The maximum absolute atomic E-state index is 11.5.